The van der Waals surface area contributed by atoms with Crippen molar-refractivity contribution in [1.29, 1.82) is 0 Å². The topological polar surface area (TPSA) is 74.4 Å². The van der Waals surface area contributed by atoms with Gasteiger partial charge in [0.05, 0.1) is 24.5 Å². The number of carbonyl (C=O) groups is 2. The molecule has 1 aliphatic carbocycles. The summed E-state index contributed by atoms with van der Waals surface area (Å²) in [5, 5.41) is 4.28. The Morgan fingerprint density at radius 1 is 1.27 bits per heavy atom. The number of amides is 2. The van der Waals surface area contributed by atoms with Crippen LogP contribution in [0.2, 0.25) is 0 Å². The van der Waals surface area contributed by atoms with Crippen molar-refractivity contribution in [1.82, 2.24) is 15.2 Å². The lowest BCUT2D eigenvalue weighted by molar-refractivity contribution is -0.138. The summed E-state index contributed by atoms with van der Waals surface area (Å²) >= 11 is 0. The lowest BCUT2D eigenvalue weighted by Crippen LogP contribution is -2.45. The average Bonchev–Trinajstić information content (AvgIpc) is 3.56. The highest BCUT2D eigenvalue weighted by Crippen LogP contribution is 2.53. The number of fused-ring (bicyclic) bond motifs is 2. The zero-order valence-corrected chi connectivity index (χ0v) is 17.0. The highest BCUT2D eigenvalue weighted by molar-refractivity contribution is 5.93. The van der Waals surface area contributed by atoms with Gasteiger partial charge in [-0.3, -0.25) is 9.59 Å². The second kappa shape index (κ2) is 6.71. The third-order valence-electron chi connectivity index (χ3n) is 7.57. The van der Waals surface area contributed by atoms with E-state index in [9.17, 15) is 9.59 Å². The molecule has 0 unspecified atom stereocenters. The SMILES string of the molecule is O=C(NCCc1c[nH]c2ccccc12)[C@H]1[C@H]2C=C[C@@]3(CN(C4CCCC4)C(=O)[C@@H]13)O2. The van der Waals surface area contributed by atoms with Gasteiger partial charge in [0.25, 0.3) is 0 Å². The summed E-state index contributed by atoms with van der Waals surface area (Å²) in [4.78, 5) is 31.7. The fraction of sp³-hybridized carbons (Fsp3) is 0.500. The molecule has 3 aliphatic heterocycles. The number of likely N-dealkylation sites (tertiary alicyclic amines) is 1. The van der Waals surface area contributed by atoms with Crippen LogP contribution in [0.25, 0.3) is 10.9 Å². The fourth-order valence-corrected chi connectivity index (χ4v) is 6.13. The third-order valence-corrected chi connectivity index (χ3v) is 7.57. The maximum Gasteiger partial charge on any atom is 0.230 e. The van der Waals surface area contributed by atoms with Gasteiger partial charge in [-0.05, 0) is 30.9 Å². The van der Waals surface area contributed by atoms with Gasteiger partial charge in [-0.25, -0.2) is 0 Å². The molecule has 4 aliphatic rings. The van der Waals surface area contributed by atoms with E-state index in [0.29, 0.717) is 19.1 Å². The molecule has 6 heteroatoms. The van der Waals surface area contributed by atoms with Crippen molar-refractivity contribution in [2.24, 2.45) is 11.8 Å². The number of nitrogens with zero attached hydrogens (tertiary/aromatic N) is 1. The van der Waals surface area contributed by atoms with E-state index in [-0.39, 0.29) is 23.8 Å². The number of ether oxygens (including phenoxy) is 1. The zero-order chi connectivity index (χ0) is 20.3. The normalized spacial score (nSPS) is 32.5. The molecule has 1 aromatic carbocycles. The number of H-pyrrole nitrogens is 1. The second-order valence-corrected chi connectivity index (χ2v) is 9.20. The van der Waals surface area contributed by atoms with Crippen LogP contribution in [0.5, 0.6) is 0 Å². The minimum atomic E-state index is -0.594. The van der Waals surface area contributed by atoms with Crippen molar-refractivity contribution in [3.05, 3.63) is 48.2 Å². The number of aromatic amines is 1. The van der Waals surface area contributed by atoms with Gasteiger partial charge in [-0.1, -0.05) is 43.2 Å². The molecule has 6 rings (SSSR count). The molecule has 2 amide bonds. The van der Waals surface area contributed by atoms with Gasteiger partial charge in [0.2, 0.25) is 11.8 Å². The molecule has 1 saturated carbocycles. The number of hydrogen-bond acceptors (Lipinski definition) is 3. The molecule has 2 aromatic rings. The minimum Gasteiger partial charge on any atom is -0.361 e. The van der Waals surface area contributed by atoms with Gasteiger partial charge in [-0.15, -0.1) is 0 Å². The van der Waals surface area contributed by atoms with Crippen LogP contribution in [-0.2, 0) is 20.7 Å². The highest BCUT2D eigenvalue weighted by atomic mass is 16.5. The van der Waals surface area contributed by atoms with E-state index in [4.69, 9.17) is 4.74 Å². The first-order valence-electron chi connectivity index (χ1n) is 11.2. The van der Waals surface area contributed by atoms with E-state index < -0.39 is 11.5 Å². The third kappa shape index (κ3) is 2.59. The molecule has 2 bridgehead atoms. The summed E-state index contributed by atoms with van der Waals surface area (Å²) in [5.41, 5.74) is 1.70. The van der Waals surface area contributed by atoms with Gasteiger partial charge in [-0.2, -0.15) is 0 Å². The minimum absolute atomic E-state index is 0.0577. The summed E-state index contributed by atoms with van der Waals surface area (Å²) in [6.07, 6.45) is 11.0. The molecular weight excluding hydrogens is 378 g/mol. The van der Waals surface area contributed by atoms with Crippen molar-refractivity contribution in [3.63, 3.8) is 0 Å². The number of carbonyl (C=O) groups excluding carboxylic acids is 2. The predicted molar refractivity (Wildman–Crippen MR) is 113 cm³/mol. The number of hydrogen-bond donors (Lipinski definition) is 2. The van der Waals surface area contributed by atoms with Crippen LogP contribution in [0.1, 0.15) is 31.2 Å². The first kappa shape index (κ1) is 18.2. The van der Waals surface area contributed by atoms with Gasteiger partial charge in [0.1, 0.15) is 5.60 Å². The van der Waals surface area contributed by atoms with Gasteiger partial charge >= 0.3 is 0 Å². The van der Waals surface area contributed by atoms with E-state index in [2.05, 4.69) is 22.4 Å². The molecule has 1 spiro atoms. The van der Waals surface area contributed by atoms with E-state index in [1.807, 2.05) is 35.4 Å². The molecule has 2 saturated heterocycles. The van der Waals surface area contributed by atoms with Crippen molar-refractivity contribution < 1.29 is 14.3 Å². The Morgan fingerprint density at radius 2 is 2.10 bits per heavy atom. The Balaban J connectivity index is 1.15. The van der Waals surface area contributed by atoms with Crippen LogP contribution in [-0.4, -0.2) is 52.5 Å². The van der Waals surface area contributed by atoms with Crippen LogP contribution < -0.4 is 5.32 Å². The highest BCUT2D eigenvalue weighted by Gasteiger charge is 2.67. The summed E-state index contributed by atoms with van der Waals surface area (Å²) in [5.74, 6) is -0.735. The molecule has 156 valence electrons. The van der Waals surface area contributed by atoms with Gasteiger partial charge in [0, 0.05) is 29.7 Å². The molecule has 0 radical (unpaired) electrons. The Labute approximate surface area is 175 Å². The summed E-state index contributed by atoms with van der Waals surface area (Å²) in [6, 6.07) is 8.50. The number of aromatic nitrogens is 1. The van der Waals surface area contributed by atoms with Crippen LogP contribution >= 0.6 is 0 Å². The zero-order valence-electron chi connectivity index (χ0n) is 17.0. The maximum absolute atomic E-state index is 13.3. The number of para-hydroxylation sites is 1. The molecule has 1 aromatic heterocycles. The van der Waals surface area contributed by atoms with Crippen LogP contribution in [0.3, 0.4) is 0 Å². The first-order valence-corrected chi connectivity index (χ1v) is 11.2. The van der Waals surface area contributed by atoms with E-state index in [1.54, 1.807) is 0 Å². The molecule has 2 N–H and O–H groups in total. The standard InChI is InChI=1S/C24H27N3O3/c28-22(25-12-10-15-13-26-18-8-4-3-7-17(15)18)20-19-9-11-24(30-19)14-27(23(29)21(20)24)16-5-1-2-6-16/h3-4,7-9,11,13,16,19-21,26H,1-2,5-6,10,12,14H2,(H,25,28)/t19-,20+,21-,24+/m1/s1. The van der Waals surface area contributed by atoms with Crippen LogP contribution in [0.15, 0.2) is 42.6 Å². The van der Waals surface area contributed by atoms with Crippen LogP contribution in [0.4, 0.5) is 0 Å². The molecule has 30 heavy (non-hydrogen) atoms. The van der Waals surface area contributed by atoms with Gasteiger partial charge in [0.15, 0.2) is 0 Å². The van der Waals surface area contributed by atoms with Crippen molar-refractivity contribution in [2.75, 3.05) is 13.1 Å². The molecule has 6 nitrogen and oxygen atoms in total. The first-order chi connectivity index (χ1) is 14.7. The summed E-state index contributed by atoms with van der Waals surface area (Å²) in [6.45, 7) is 1.15. The molecule has 4 heterocycles. The average molecular weight is 405 g/mol. The largest absolute Gasteiger partial charge is 0.361 e. The lowest BCUT2D eigenvalue weighted by atomic mass is 9.77. The number of benzene rings is 1. The molecular formula is C24H27N3O3. The lowest BCUT2D eigenvalue weighted by Gasteiger charge is -2.27. The number of rotatable bonds is 5. The van der Waals surface area contributed by atoms with Crippen molar-refractivity contribution >= 4 is 22.7 Å². The quantitative estimate of drug-likeness (QED) is 0.751. The molecule has 3 fully saturated rings. The monoisotopic (exact) mass is 405 g/mol. The number of nitrogens with one attached hydrogen (secondary N) is 2. The van der Waals surface area contributed by atoms with Gasteiger partial charge < -0.3 is 19.9 Å². The Hall–Kier alpha value is -2.60. The molecule has 4 atom stereocenters. The Morgan fingerprint density at radius 3 is 2.97 bits per heavy atom. The van der Waals surface area contributed by atoms with Crippen molar-refractivity contribution in [2.45, 2.75) is 49.9 Å². The Bertz CT molecular complexity index is 1040. The predicted octanol–water partition coefficient (Wildman–Crippen LogP) is 2.55. The smallest absolute Gasteiger partial charge is 0.230 e. The second-order valence-electron chi connectivity index (χ2n) is 9.20. The maximum atomic E-state index is 13.3. The van der Waals surface area contributed by atoms with E-state index in [1.165, 1.54) is 23.8 Å². The fourth-order valence-electron chi connectivity index (χ4n) is 6.13. The van der Waals surface area contributed by atoms with Crippen molar-refractivity contribution in [3.8, 4) is 0 Å². The van der Waals surface area contributed by atoms with E-state index in [0.717, 1.165) is 24.8 Å². The summed E-state index contributed by atoms with van der Waals surface area (Å²) < 4.78 is 6.25. The Kier molecular flexibility index (Phi) is 4.07. The summed E-state index contributed by atoms with van der Waals surface area (Å²) in [7, 11) is 0. The van der Waals surface area contributed by atoms with Crippen LogP contribution in [0, 0.1) is 11.8 Å². The van der Waals surface area contributed by atoms with E-state index >= 15 is 0 Å².